The van der Waals surface area contributed by atoms with Crippen LogP contribution in [0.3, 0.4) is 0 Å². The summed E-state index contributed by atoms with van der Waals surface area (Å²) in [6, 6.07) is 19.2. The van der Waals surface area contributed by atoms with Crippen molar-refractivity contribution in [3.8, 4) is 22.3 Å². The van der Waals surface area contributed by atoms with E-state index in [2.05, 4.69) is 97.9 Å². The molecule has 3 aliphatic heterocycles. The number of likely N-dealkylation sites (tertiary alicyclic amines) is 2. The summed E-state index contributed by atoms with van der Waals surface area (Å²) in [6.45, 7) is 16.0. The quantitative estimate of drug-likeness (QED) is 0.145. The Kier molecular flexibility index (Phi) is 11.6. The molecule has 0 spiro atoms. The van der Waals surface area contributed by atoms with Crippen LogP contribution >= 0.6 is 0 Å². The second-order valence-corrected chi connectivity index (χ2v) is 18.4. The molecular weight excluding hydrogens is 759 g/mol. The van der Waals surface area contributed by atoms with Gasteiger partial charge in [-0.3, -0.25) is 14.6 Å². The van der Waals surface area contributed by atoms with Crippen molar-refractivity contribution in [1.29, 1.82) is 0 Å². The Labute approximate surface area is 352 Å². The molecule has 0 radical (unpaired) electrons. The number of imidazole rings is 1. The lowest BCUT2D eigenvalue weighted by Crippen LogP contribution is -2.58. The van der Waals surface area contributed by atoms with E-state index in [1.165, 1.54) is 14.2 Å². The molecule has 3 aromatic carbocycles. The second kappa shape index (κ2) is 16.4. The van der Waals surface area contributed by atoms with E-state index in [-0.39, 0.29) is 35.7 Å². The number of carbonyl (C=O) groups excluding carboxylic acids is 4. The minimum absolute atomic E-state index is 0.114. The molecule has 0 aliphatic carbocycles. The van der Waals surface area contributed by atoms with Gasteiger partial charge in [-0.1, -0.05) is 64.1 Å². The van der Waals surface area contributed by atoms with Gasteiger partial charge in [0.1, 0.15) is 17.9 Å². The molecule has 0 unspecified atom stereocenters. The van der Waals surface area contributed by atoms with Crippen molar-refractivity contribution in [3.63, 3.8) is 0 Å². The Morgan fingerprint density at radius 1 is 0.700 bits per heavy atom. The monoisotopic (exact) mass is 817 g/mol. The number of ether oxygens (including phenoxy) is 2. The summed E-state index contributed by atoms with van der Waals surface area (Å²) in [5, 5.41) is 5.51. The molecule has 2 fully saturated rings. The average Bonchev–Trinajstić information content (AvgIpc) is 3.99. The van der Waals surface area contributed by atoms with Gasteiger partial charge in [0, 0.05) is 23.2 Å². The van der Waals surface area contributed by atoms with E-state index in [9.17, 15) is 19.2 Å². The van der Waals surface area contributed by atoms with E-state index < -0.39 is 35.3 Å². The van der Waals surface area contributed by atoms with Crippen LogP contribution in [0.2, 0.25) is 0 Å². The van der Waals surface area contributed by atoms with Crippen molar-refractivity contribution in [3.05, 3.63) is 72.1 Å². The highest BCUT2D eigenvalue weighted by atomic mass is 16.5. The first kappa shape index (κ1) is 42.4. The van der Waals surface area contributed by atoms with E-state index in [0.29, 0.717) is 6.42 Å². The molecule has 60 heavy (non-hydrogen) atoms. The maximum Gasteiger partial charge on any atom is 0.407 e. The van der Waals surface area contributed by atoms with Gasteiger partial charge in [-0.2, -0.15) is 0 Å². The van der Waals surface area contributed by atoms with Crippen LogP contribution in [-0.2, 0) is 25.5 Å². The van der Waals surface area contributed by atoms with Crippen LogP contribution in [0.15, 0.2) is 65.7 Å². The SMILES string of the molecule is COC(=O)N[C@H](C(=O)N1[C@H](C2=Nc3ccc(-c4ccc(-c5ccc6nc([C@@H]7CCC(C)(C)N7C(=O)[C@@H](NC(=O)OC)C(C)C)[nH]c6c5)cc4)cc3C2)CCC1(C)C)C(C)C. The highest BCUT2D eigenvalue weighted by molar-refractivity contribution is 6.01. The van der Waals surface area contributed by atoms with Gasteiger partial charge in [-0.05, 0) is 117 Å². The smallest absolute Gasteiger partial charge is 0.407 e. The van der Waals surface area contributed by atoms with Crippen molar-refractivity contribution in [2.75, 3.05) is 14.2 Å². The van der Waals surface area contributed by atoms with Gasteiger partial charge in [0.2, 0.25) is 11.8 Å². The lowest BCUT2D eigenvalue weighted by Gasteiger charge is -2.39. The summed E-state index contributed by atoms with van der Waals surface area (Å²) in [7, 11) is 2.60. The van der Waals surface area contributed by atoms with E-state index in [4.69, 9.17) is 19.5 Å². The predicted octanol–water partition coefficient (Wildman–Crippen LogP) is 8.50. The van der Waals surface area contributed by atoms with E-state index in [0.717, 1.165) is 81.8 Å². The van der Waals surface area contributed by atoms with Crippen molar-refractivity contribution in [1.82, 2.24) is 30.4 Å². The number of benzene rings is 3. The highest BCUT2D eigenvalue weighted by Gasteiger charge is 2.49. The maximum atomic E-state index is 14.1. The number of rotatable bonds is 10. The maximum absolute atomic E-state index is 14.1. The summed E-state index contributed by atoms with van der Waals surface area (Å²) in [5.41, 5.74) is 8.19. The van der Waals surface area contributed by atoms with Gasteiger partial charge in [0.25, 0.3) is 0 Å². The summed E-state index contributed by atoms with van der Waals surface area (Å²) in [4.78, 5) is 69.9. The number of aromatic nitrogens is 2. The van der Waals surface area contributed by atoms with Crippen molar-refractivity contribution in [2.45, 2.75) is 123 Å². The number of carbonyl (C=O) groups is 4. The molecule has 4 amide bonds. The van der Waals surface area contributed by atoms with Crippen LogP contribution in [0.1, 0.15) is 98.5 Å². The van der Waals surface area contributed by atoms with Gasteiger partial charge >= 0.3 is 12.2 Å². The van der Waals surface area contributed by atoms with Crippen molar-refractivity contribution in [2.24, 2.45) is 16.8 Å². The second-order valence-electron chi connectivity index (χ2n) is 18.4. The van der Waals surface area contributed by atoms with Crippen LogP contribution in [0.25, 0.3) is 33.3 Å². The van der Waals surface area contributed by atoms with Gasteiger partial charge in [-0.15, -0.1) is 0 Å². The molecule has 0 bridgehead atoms. The minimum atomic E-state index is -0.728. The number of hydrogen-bond acceptors (Lipinski definition) is 8. The number of alkyl carbamates (subject to hydrolysis) is 2. The van der Waals surface area contributed by atoms with Crippen LogP contribution in [0, 0.1) is 11.8 Å². The largest absolute Gasteiger partial charge is 0.453 e. The average molecular weight is 818 g/mol. The molecule has 4 aromatic rings. The number of methoxy groups -OCH3 is 2. The van der Waals surface area contributed by atoms with Crippen LogP contribution in [0.5, 0.6) is 0 Å². The first-order valence-electron chi connectivity index (χ1n) is 21.1. The van der Waals surface area contributed by atoms with Crippen molar-refractivity contribution < 1.29 is 28.7 Å². The molecule has 318 valence electrons. The predicted molar refractivity (Wildman–Crippen MR) is 233 cm³/mol. The Bertz CT molecular complexity index is 2330. The first-order valence-corrected chi connectivity index (χ1v) is 21.1. The molecular formula is C47H59N7O6. The standard InChI is InChI=1S/C47H59N7O6/c1-26(2)39(51-44(57)59-9)42(55)53-37(19-21-46(53,5)6)36-25-32-23-30(15-17-33(32)48-36)28-11-13-29(14-12-28)31-16-18-34-35(24-31)50-41(49-34)38-20-22-47(7,8)54(38)43(56)40(27(3)4)52-45(58)60-10/h11-18,23-24,26-27,37-40H,19-22,25H2,1-10H3,(H,49,50)(H,51,57)(H,52,58)/t37-,38-,39-,40-/m0/s1. The number of hydrogen-bond donors (Lipinski definition) is 3. The number of H-pyrrole nitrogens is 1. The van der Waals surface area contributed by atoms with Gasteiger partial charge in [0.15, 0.2) is 0 Å². The van der Waals surface area contributed by atoms with E-state index in [1.54, 1.807) is 0 Å². The molecule has 0 saturated carbocycles. The normalized spacial score (nSPS) is 20.2. The zero-order valence-corrected chi connectivity index (χ0v) is 36.5. The Hall–Kier alpha value is -5.72. The van der Waals surface area contributed by atoms with Gasteiger partial charge in [0.05, 0.1) is 43.0 Å². The Morgan fingerprint density at radius 2 is 1.18 bits per heavy atom. The lowest BCUT2D eigenvalue weighted by molar-refractivity contribution is -0.140. The van der Waals surface area contributed by atoms with Gasteiger partial charge in [-0.25, -0.2) is 14.6 Å². The molecule has 7 rings (SSSR count). The van der Waals surface area contributed by atoms with Crippen LogP contribution < -0.4 is 10.6 Å². The van der Waals surface area contributed by atoms with Crippen LogP contribution in [-0.4, -0.2) is 92.9 Å². The number of amides is 4. The molecule has 4 heterocycles. The molecule has 2 saturated heterocycles. The minimum Gasteiger partial charge on any atom is -0.453 e. The molecule has 13 nitrogen and oxygen atoms in total. The third-order valence-electron chi connectivity index (χ3n) is 12.7. The molecule has 13 heteroatoms. The third-order valence-corrected chi connectivity index (χ3v) is 12.7. The molecule has 3 N–H and O–H groups in total. The summed E-state index contributed by atoms with van der Waals surface area (Å²) >= 11 is 0. The Morgan fingerprint density at radius 3 is 1.72 bits per heavy atom. The zero-order valence-electron chi connectivity index (χ0n) is 36.5. The summed E-state index contributed by atoms with van der Waals surface area (Å²) < 4.78 is 9.67. The fourth-order valence-electron chi connectivity index (χ4n) is 9.32. The van der Waals surface area contributed by atoms with Gasteiger partial charge < -0.3 is 34.9 Å². The summed E-state index contributed by atoms with van der Waals surface area (Å²) in [6.07, 6.45) is 2.60. The molecule has 4 atom stereocenters. The third kappa shape index (κ3) is 8.10. The van der Waals surface area contributed by atoms with E-state index >= 15 is 0 Å². The fraction of sp³-hybridized carbons (Fsp3) is 0.489. The van der Waals surface area contributed by atoms with Crippen LogP contribution in [0.4, 0.5) is 15.3 Å². The van der Waals surface area contributed by atoms with Crippen molar-refractivity contribution >= 4 is 46.4 Å². The van der Waals surface area contributed by atoms with E-state index in [1.807, 2.05) is 43.6 Å². The molecule has 1 aromatic heterocycles. The number of aliphatic imine (C=N–C) groups is 1. The fourth-order valence-corrected chi connectivity index (χ4v) is 9.32. The highest BCUT2D eigenvalue weighted by Crippen LogP contribution is 2.44. The number of nitrogens with one attached hydrogen (secondary N) is 3. The number of fused-ring (bicyclic) bond motifs is 2. The lowest BCUT2D eigenvalue weighted by atomic mass is 9.96. The summed E-state index contributed by atoms with van der Waals surface area (Å²) in [5.74, 6) is 0.214. The topological polar surface area (TPSA) is 158 Å². The first-order chi connectivity index (χ1) is 28.4. The molecule has 3 aliphatic rings. The number of nitrogens with zero attached hydrogens (tertiary/aromatic N) is 4. The number of aromatic amines is 1. The zero-order chi connectivity index (χ0) is 43.3. The Balaban J connectivity index is 1.07.